The first kappa shape index (κ1) is 14.1. The van der Waals surface area contributed by atoms with Crippen molar-refractivity contribution >= 4 is 16.7 Å². The van der Waals surface area contributed by atoms with E-state index >= 15 is 0 Å². The van der Waals surface area contributed by atoms with Gasteiger partial charge in [-0.2, -0.15) is 22.5 Å². The summed E-state index contributed by atoms with van der Waals surface area (Å²) in [6.07, 6.45) is 0.119. The van der Waals surface area contributed by atoms with Crippen molar-refractivity contribution in [1.82, 2.24) is 14.7 Å². The van der Waals surface area contributed by atoms with Gasteiger partial charge < -0.3 is 10.2 Å². The number of alkyl halides is 3. The molecule has 1 aliphatic carbocycles. The zero-order chi connectivity index (χ0) is 14.2. The van der Waals surface area contributed by atoms with Crippen molar-refractivity contribution in [3.63, 3.8) is 0 Å². The molecule has 0 unspecified atom stereocenters. The van der Waals surface area contributed by atoms with Crippen LogP contribution in [0.5, 0.6) is 0 Å². The predicted molar refractivity (Wildman–Crippen MR) is 70.9 cm³/mol. The maximum Gasteiger partial charge on any atom is 0.452 e. The molecule has 0 atom stereocenters. The molecule has 112 valence electrons. The van der Waals surface area contributed by atoms with Crippen LogP contribution in [-0.4, -0.2) is 35.0 Å². The first-order chi connectivity index (χ1) is 9.52. The molecule has 1 saturated carbocycles. The van der Waals surface area contributed by atoms with Crippen LogP contribution in [-0.2, 0) is 6.18 Å². The Kier molecular flexibility index (Phi) is 3.85. The van der Waals surface area contributed by atoms with E-state index in [0.29, 0.717) is 11.2 Å². The van der Waals surface area contributed by atoms with Gasteiger partial charge in [-0.1, -0.05) is 0 Å². The number of rotatable bonds is 4. The predicted octanol–water partition coefficient (Wildman–Crippen LogP) is 2.53. The highest BCUT2D eigenvalue weighted by atomic mass is 32.1. The first-order valence-electron chi connectivity index (χ1n) is 6.91. The van der Waals surface area contributed by atoms with Gasteiger partial charge in [0.05, 0.1) is 0 Å². The molecule has 1 aromatic rings. The Morgan fingerprint density at radius 3 is 2.45 bits per heavy atom. The van der Waals surface area contributed by atoms with E-state index in [1.165, 1.54) is 12.8 Å². The Labute approximate surface area is 119 Å². The van der Waals surface area contributed by atoms with E-state index in [-0.39, 0.29) is 0 Å². The van der Waals surface area contributed by atoms with Crippen LogP contribution >= 0.6 is 11.5 Å². The summed E-state index contributed by atoms with van der Waals surface area (Å²) in [6, 6.07) is 0.488. The molecule has 1 aromatic heterocycles. The molecule has 1 aliphatic heterocycles. The van der Waals surface area contributed by atoms with E-state index in [4.69, 9.17) is 0 Å². The van der Waals surface area contributed by atoms with Crippen LogP contribution in [0.2, 0.25) is 0 Å². The number of hydrogen-bond donors (Lipinski definition) is 1. The molecule has 2 heterocycles. The quantitative estimate of drug-likeness (QED) is 0.928. The molecule has 0 bridgehead atoms. The highest BCUT2D eigenvalue weighted by Gasteiger charge is 2.37. The van der Waals surface area contributed by atoms with E-state index in [9.17, 15) is 13.2 Å². The number of hydrogen-bond acceptors (Lipinski definition) is 5. The average Bonchev–Trinajstić information content (AvgIpc) is 3.09. The van der Waals surface area contributed by atoms with Gasteiger partial charge >= 0.3 is 6.18 Å². The molecule has 2 fully saturated rings. The molecule has 0 radical (unpaired) electrons. The summed E-state index contributed by atoms with van der Waals surface area (Å²) in [6.45, 7) is 2.57. The van der Waals surface area contributed by atoms with Gasteiger partial charge in [-0.25, -0.2) is 0 Å². The maximum absolute atomic E-state index is 12.5. The zero-order valence-electron chi connectivity index (χ0n) is 11.0. The smallest absolute Gasteiger partial charge is 0.347 e. The maximum atomic E-state index is 12.5. The lowest BCUT2D eigenvalue weighted by Crippen LogP contribution is -2.43. The van der Waals surface area contributed by atoms with Crippen LogP contribution in [0.15, 0.2) is 0 Å². The number of nitrogens with one attached hydrogen (secondary N) is 1. The van der Waals surface area contributed by atoms with Gasteiger partial charge in [0.2, 0.25) is 11.0 Å². The topological polar surface area (TPSA) is 41.1 Å². The fraction of sp³-hybridized carbons (Fsp3) is 0.833. The molecule has 2 aliphatic rings. The molecule has 1 saturated heterocycles. The molecule has 0 aromatic carbocycles. The summed E-state index contributed by atoms with van der Waals surface area (Å²) in [5.74, 6) is -0.169. The second-order valence-corrected chi connectivity index (χ2v) is 6.24. The van der Waals surface area contributed by atoms with E-state index in [0.717, 1.165) is 49.9 Å². The van der Waals surface area contributed by atoms with Crippen LogP contribution in [0, 0.1) is 5.92 Å². The average molecular weight is 306 g/mol. The third-order valence-electron chi connectivity index (χ3n) is 3.83. The Bertz CT molecular complexity index is 450. The number of nitrogens with zero attached hydrogens (tertiary/aromatic N) is 3. The largest absolute Gasteiger partial charge is 0.452 e. The van der Waals surface area contributed by atoms with E-state index in [2.05, 4.69) is 14.7 Å². The van der Waals surface area contributed by atoms with Crippen molar-refractivity contribution in [2.75, 3.05) is 24.5 Å². The SMILES string of the molecule is FC(F)(F)c1nsc(N2CCC(NCC3CC3)CC2)n1. The van der Waals surface area contributed by atoms with Gasteiger partial charge in [-0.3, -0.25) is 0 Å². The fourth-order valence-corrected chi connectivity index (χ4v) is 3.13. The molecular formula is C12H17F3N4S. The summed E-state index contributed by atoms with van der Waals surface area (Å²) >= 11 is 0.837. The van der Waals surface area contributed by atoms with Crippen molar-refractivity contribution in [2.45, 2.75) is 37.9 Å². The third-order valence-corrected chi connectivity index (χ3v) is 4.60. The molecule has 1 N–H and O–H groups in total. The fourth-order valence-electron chi connectivity index (χ4n) is 2.39. The van der Waals surface area contributed by atoms with Crippen LogP contribution in [0.3, 0.4) is 0 Å². The standard InChI is InChI=1S/C12H17F3N4S/c13-12(14,15)10-17-11(20-18-10)19-5-3-9(4-6-19)16-7-8-1-2-8/h8-9,16H,1-7H2. The van der Waals surface area contributed by atoms with E-state index in [1.807, 2.05) is 4.90 Å². The lowest BCUT2D eigenvalue weighted by Gasteiger charge is -2.32. The van der Waals surface area contributed by atoms with Gasteiger partial charge in [0, 0.05) is 30.7 Å². The van der Waals surface area contributed by atoms with E-state index in [1.54, 1.807) is 0 Å². The van der Waals surface area contributed by atoms with Gasteiger partial charge in [0.1, 0.15) is 0 Å². The van der Waals surface area contributed by atoms with Gasteiger partial charge in [0.25, 0.3) is 0 Å². The minimum Gasteiger partial charge on any atom is -0.347 e. The van der Waals surface area contributed by atoms with Gasteiger partial charge in [-0.15, -0.1) is 0 Å². The monoisotopic (exact) mass is 306 g/mol. The number of piperidine rings is 1. The second-order valence-electron chi connectivity index (χ2n) is 5.51. The van der Waals surface area contributed by atoms with Crippen LogP contribution < -0.4 is 10.2 Å². The van der Waals surface area contributed by atoms with Crippen LogP contribution in [0.4, 0.5) is 18.3 Å². The summed E-state index contributed by atoms with van der Waals surface area (Å²) in [5, 5.41) is 3.93. The van der Waals surface area contributed by atoms with Crippen molar-refractivity contribution in [1.29, 1.82) is 0 Å². The summed E-state index contributed by atoms with van der Waals surface area (Å²) in [5.41, 5.74) is 0. The van der Waals surface area contributed by atoms with Gasteiger partial charge in [-0.05, 0) is 38.1 Å². The number of halogens is 3. The molecule has 4 nitrogen and oxygen atoms in total. The van der Waals surface area contributed by atoms with Crippen molar-refractivity contribution < 1.29 is 13.2 Å². The lowest BCUT2D eigenvalue weighted by molar-refractivity contribution is -0.144. The normalized spacial score (nSPS) is 21.4. The van der Waals surface area contributed by atoms with E-state index < -0.39 is 12.0 Å². The van der Waals surface area contributed by atoms with Crippen molar-refractivity contribution in [2.24, 2.45) is 5.92 Å². The zero-order valence-corrected chi connectivity index (χ0v) is 11.8. The lowest BCUT2D eigenvalue weighted by atomic mass is 10.1. The molecule has 20 heavy (non-hydrogen) atoms. The highest BCUT2D eigenvalue weighted by Crippen LogP contribution is 2.31. The Hall–Kier alpha value is -0.890. The molecule has 8 heteroatoms. The number of anilines is 1. The van der Waals surface area contributed by atoms with Gasteiger partial charge in [0.15, 0.2) is 0 Å². The minimum atomic E-state index is -4.45. The van der Waals surface area contributed by atoms with Crippen molar-refractivity contribution in [3.8, 4) is 0 Å². The Balaban J connectivity index is 1.50. The molecule has 0 spiro atoms. The Morgan fingerprint density at radius 1 is 1.20 bits per heavy atom. The second kappa shape index (κ2) is 5.48. The molecular weight excluding hydrogens is 289 g/mol. The summed E-state index contributed by atoms with van der Waals surface area (Å²) in [4.78, 5) is 5.51. The first-order valence-corrected chi connectivity index (χ1v) is 7.69. The summed E-state index contributed by atoms with van der Waals surface area (Å²) < 4.78 is 40.8. The minimum absolute atomic E-state index is 0.387. The molecule has 0 amide bonds. The Morgan fingerprint density at radius 2 is 1.90 bits per heavy atom. The van der Waals surface area contributed by atoms with Crippen LogP contribution in [0.25, 0.3) is 0 Å². The number of aromatic nitrogens is 2. The molecule has 3 rings (SSSR count). The van der Waals surface area contributed by atoms with Crippen molar-refractivity contribution in [3.05, 3.63) is 5.82 Å². The third kappa shape index (κ3) is 3.41. The summed E-state index contributed by atoms with van der Waals surface area (Å²) in [7, 11) is 0. The van der Waals surface area contributed by atoms with Crippen LogP contribution in [0.1, 0.15) is 31.5 Å². The highest BCUT2D eigenvalue weighted by molar-refractivity contribution is 7.09.